The van der Waals surface area contributed by atoms with Crippen molar-refractivity contribution in [1.29, 1.82) is 0 Å². The lowest BCUT2D eigenvalue weighted by molar-refractivity contribution is 0.471. The molecule has 1 aromatic carbocycles. The maximum atomic E-state index is 13.2. The summed E-state index contributed by atoms with van der Waals surface area (Å²) in [5, 5.41) is 10.5. The Labute approximate surface area is 148 Å². The van der Waals surface area contributed by atoms with E-state index in [1.165, 1.54) is 15.0 Å². The Kier molecular flexibility index (Phi) is 3.62. The fraction of sp³-hybridized carbons (Fsp3) is 0.333. The molecule has 4 rings (SSSR count). The Morgan fingerprint density at radius 2 is 2.21 bits per heavy atom. The van der Waals surface area contributed by atoms with Crippen LogP contribution in [0.4, 0.5) is 0 Å². The van der Waals surface area contributed by atoms with Crippen molar-refractivity contribution in [2.75, 3.05) is 0 Å². The lowest BCUT2D eigenvalue weighted by atomic mass is 9.89. The van der Waals surface area contributed by atoms with Gasteiger partial charge in [0.25, 0.3) is 5.56 Å². The largest absolute Gasteiger partial charge is 0.508 e. The lowest BCUT2D eigenvalue weighted by Gasteiger charge is -2.17. The quantitative estimate of drug-likeness (QED) is 0.640. The summed E-state index contributed by atoms with van der Waals surface area (Å²) >= 11 is 7.11. The van der Waals surface area contributed by atoms with Gasteiger partial charge in [-0.2, -0.15) is 0 Å². The van der Waals surface area contributed by atoms with E-state index in [0.717, 1.165) is 35.0 Å². The number of aryl methyl sites for hydroxylation is 2. The number of H-pyrrole nitrogens is 1. The second-order valence-corrected chi connectivity index (χ2v) is 8.09. The van der Waals surface area contributed by atoms with E-state index in [2.05, 4.69) is 11.9 Å². The number of aromatic nitrogens is 2. The van der Waals surface area contributed by atoms with Gasteiger partial charge < -0.3 is 10.1 Å². The number of hydrogen-bond donors (Lipinski definition) is 2. The van der Waals surface area contributed by atoms with Gasteiger partial charge in [0, 0.05) is 4.88 Å². The SMILES string of the molecule is Cc1cc(-n2c(=S)[nH]c3sc4c(c3c2=O)CC[C@H](C)C4)ccc1O. The lowest BCUT2D eigenvalue weighted by Crippen LogP contribution is -2.21. The smallest absolute Gasteiger partial charge is 0.267 e. The second kappa shape index (κ2) is 5.57. The first-order valence-electron chi connectivity index (χ1n) is 8.05. The van der Waals surface area contributed by atoms with Gasteiger partial charge in [-0.05, 0) is 73.6 Å². The van der Waals surface area contributed by atoms with Gasteiger partial charge in [0.1, 0.15) is 10.6 Å². The van der Waals surface area contributed by atoms with E-state index >= 15 is 0 Å². The van der Waals surface area contributed by atoms with Crippen molar-refractivity contribution in [1.82, 2.24) is 9.55 Å². The van der Waals surface area contributed by atoms with Crippen LogP contribution < -0.4 is 5.56 Å². The molecular weight excluding hydrogens is 340 g/mol. The van der Waals surface area contributed by atoms with Crippen LogP contribution in [0.15, 0.2) is 23.0 Å². The fourth-order valence-corrected chi connectivity index (χ4v) is 5.19. The first-order valence-corrected chi connectivity index (χ1v) is 9.27. The molecule has 4 nitrogen and oxygen atoms in total. The van der Waals surface area contributed by atoms with Crippen molar-refractivity contribution in [2.24, 2.45) is 5.92 Å². The first-order chi connectivity index (χ1) is 11.5. The number of hydrogen-bond acceptors (Lipinski definition) is 4. The van der Waals surface area contributed by atoms with Gasteiger partial charge in [0.15, 0.2) is 4.77 Å². The molecule has 2 heterocycles. The highest BCUT2D eigenvalue weighted by atomic mass is 32.1. The predicted octanol–water partition coefficient (Wildman–Crippen LogP) is 4.25. The van der Waals surface area contributed by atoms with Gasteiger partial charge in [-0.1, -0.05) is 6.92 Å². The molecule has 0 bridgehead atoms. The van der Waals surface area contributed by atoms with Crippen molar-refractivity contribution >= 4 is 33.8 Å². The zero-order valence-corrected chi connectivity index (χ0v) is 15.2. The van der Waals surface area contributed by atoms with Crippen LogP contribution in [0, 0.1) is 17.6 Å². The van der Waals surface area contributed by atoms with Crippen LogP contribution in [0.2, 0.25) is 0 Å². The molecule has 0 amide bonds. The summed E-state index contributed by atoms with van der Waals surface area (Å²) < 4.78 is 1.93. The molecule has 24 heavy (non-hydrogen) atoms. The minimum Gasteiger partial charge on any atom is -0.508 e. The summed E-state index contributed by atoms with van der Waals surface area (Å²) in [7, 11) is 0. The van der Waals surface area contributed by atoms with Crippen molar-refractivity contribution < 1.29 is 5.11 Å². The van der Waals surface area contributed by atoms with E-state index in [1.54, 1.807) is 29.5 Å². The van der Waals surface area contributed by atoms with Crippen LogP contribution in [0.3, 0.4) is 0 Å². The summed E-state index contributed by atoms with van der Waals surface area (Å²) in [4.78, 5) is 18.6. The predicted molar refractivity (Wildman–Crippen MR) is 100 cm³/mol. The third-order valence-corrected chi connectivity index (χ3v) is 6.25. The van der Waals surface area contributed by atoms with Crippen LogP contribution >= 0.6 is 23.6 Å². The van der Waals surface area contributed by atoms with Crippen LogP contribution in [-0.2, 0) is 12.8 Å². The topological polar surface area (TPSA) is 58.0 Å². The molecule has 124 valence electrons. The van der Waals surface area contributed by atoms with Crippen LogP contribution in [0.5, 0.6) is 5.75 Å². The molecule has 0 aliphatic heterocycles. The number of aromatic amines is 1. The van der Waals surface area contributed by atoms with Crippen molar-refractivity contribution in [3.05, 3.63) is 49.3 Å². The highest BCUT2D eigenvalue weighted by Crippen LogP contribution is 2.35. The second-order valence-electron chi connectivity index (χ2n) is 6.60. The molecule has 0 spiro atoms. The normalized spacial score (nSPS) is 17.2. The number of aromatic hydroxyl groups is 1. The molecule has 1 aliphatic carbocycles. The average Bonchev–Trinajstić information content (AvgIpc) is 2.87. The molecule has 2 aromatic heterocycles. The highest BCUT2D eigenvalue weighted by molar-refractivity contribution is 7.71. The Hall–Kier alpha value is -1.92. The standard InChI is InChI=1S/C18H18N2O2S2/c1-9-3-5-12-14(7-9)24-16-15(12)17(22)20(18(23)19-16)11-4-6-13(21)10(2)8-11/h4,6,8-9,21H,3,5,7H2,1-2H3,(H,19,23)/t9-/m0/s1. The maximum absolute atomic E-state index is 13.2. The summed E-state index contributed by atoms with van der Waals surface area (Å²) in [6.07, 6.45) is 3.10. The Morgan fingerprint density at radius 3 is 2.96 bits per heavy atom. The Bertz CT molecular complexity index is 1080. The molecule has 3 aromatic rings. The van der Waals surface area contributed by atoms with Gasteiger partial charge in [-0.25, -0.2) is 0 Å². The number of phenolic OH excluding ortho intramolecular Hbond substituents is 1. The third-order valence-electron chi connectivity index (χ3n) is 4.79. The molecule has 0 unspecified atom stereocenters. The summed E-state index contributed by atoms with van der Waals surface area (Å²) in [6, 6.07) is 5.11. The number of nitrogens with zero attached hydrogens (tertiary/aromatic N) is 1. The first kappa shape index (κ1) is 15.6. The number of thiophene rings is 1. The van der Waals surface area contributed by atoms with E-state index in [4.69, 9.17) is 12.2 Å². The zero-order valence-electron chi connectivity index (χ0n) is 13.5. The van der Waals surface area contributed by atoms with Crippen molar-refractivity contribution in [2.45, 2.75) is 33.1 Å². The van der Waals surface area contributed by atoms with Crippen molar-refractivity contribution in [3.63, 3.8) is 0 Å². The van der Waals surface area contributed by atoms with E-state index in [0.29, 0.717) is 16.4 Å². The summed E-state index contributed by atoms with van der Waals surface area (Å²) in [6.45, 7) is 4.07. The van der Waals surface area contributed by atoms with Crippen LogP contribution in [0.1, 0.15) is 29.3 Å². The molecule has 1 aliphatic rings. The molecule has 0 radical (unpaired) electrons. The van der Waals surface area contributed by atoms with Gasteiger partial charge in [-0.15, -0.1) is 11.3 Å². The highest BCUT2D eigenvalue weighted by Gasteiger charge is 2.23. The van der Waals surface area contributed by atoms with Gasteiger partial charge >= 0.3 is 0 Å². The summed E-state index contributed by atoms with van der Waals surface area (Å²) in [5.74, 6) is 0.875. The number of rotatable bonds is 1. The Morgan fingerprint density at radius 1 is 1.42 bits per heavy atom. The van der Waals surface area contributed by atoms with Crippen molar-refractivity contribution in [3.8, 4) is 11.4 Å². The van der Waals surface area contributed by atoms with Gasteiger partial charge in [-0.3, -0.25) is 9.36 Å². The van der Waals surface area contributed by atoms with Crippen LogP contribution in [-0.4, -0.2) is 14.7 Å². The summed E-state index contributed by atoms with van der Waals surface area (Å²) in [5.41, 5.74) is 2.53. The zero-order chi connectivity index (χ0) is 17.0. The molecule has 0 saturated carbocycles. The van der Waals surface area contributed by atoms with E-state index in [1.807, 2.05) is 6.92 Å². The number of benzene rings is 1. The minimum atomic E-state index is -0.0640. The molecule has 0 fully saturated rings. The number of fused-ring (bicyclic) bond motifs is 3. The molecule has 6 heteroatoms. The molecule has 1 atom stereocenters. The van der Waals surface area contributed by atoms with E-state index < -0.39 is 0 Å². The number of phenols is 1. The maximum Gasteiger partial charge on any atom is 0.267 e. The third kappa shape index (κ3) is 2.32. The van der Waals surface area contributed by atoms with E-state index in [9.17, 15) is 9.90 Å². The average molecular weight is 358 g/mol. The monoisotopic (exact) mass is 358 g/mol. The van der Waals surface area contributed by atoms with Crippen LogP contribution in [0.25, 0.3) is 15.9 Å². The van der Waals surface area contributed by atoms with E-state index in [-0.39, 0.29) is 11.3 Å². The molecule has 2 N–H and O–H groups in total. The molecular formula is C18H18N2O2S2. The molecule has 0 saturated heterocycles. The van der Waals surface area contributed by atoms with Gasteiger partial charge in [0.2, 0.25) is 0 Å². The minimum absolute atomic E-state index is 0.0640. The fourth-order valence-electron chi connectivity index (χ4n) is 3.44. The number of nitrogens with one attached hydrogen (secondary N) is 1. The van der Waals surface area contributed by atoms with Gasteiger partial charge in [0.05, 0.1) is 11.1 Å². The Balaban J connectivity index is 2.02.